The summed E-state index contributed by atoms with van der Waals surface area (Å²) in [5.41, 5.74) is 11.5. The second-order valence-electron chi connectivity index (χ2n) is 7.69. The predicted molar refractivity (Wildman–Crippen MR) is 95.6 cm³/mol. The van der Waals surface area contributed by atoms with Gasteiger partial charge in [0.1, 0.15) is 0 Å². The molecular formula is C19H26N2S. The van der Waals surface area contributed by atoms with E-state index in [4.69, 9.17) is 10.7 Å². The number of fused-ring (bicyclic) bond motifs is 1. The van der Waals surface area contributed by atoms with E-state index in [1.807, 2.05) is 0 Å². The van der Waals surface area contributed by atoms with Crippen LogP contribution in [0.3, 0.4) is 0 Å². The Kier molecular flexibility index (Phi) is 3.90. The summed E-state index contributed by atoms with van der Waals surface area (Å²) in [6.07, 6.45) is 3.36. The molecule has 0 saturated carbocycles. The molecule has 1 aromatic carbocycles. The Hall–Kier alpha value is -1.19. The van der Waals surface area contributed by atoms with Crippen molar-refractivity contribution >= 4 is 11.3 Å². The van der Waals surface area contributed by atoms with Gasteiger partial charge >= 0.3 is 0 Å². The molecule has 1 aliphatic carbocycles. The van der Waals surface area contributed by atoms with Gasteiger partial charge in [0.2, 0.25) is 0 Å². The molecule has 0 spiro atoms. The summed E-state index contributed by atoms with van der Waals surface area (Å²) in [5, 5.41) is 3.29. The largest absolute Gasteiger partial charge is 0.330 e. The minimum absolute atomic E-state index is 0.247. The molecule has 3 rings (SSSR count). The number of nitrogens with two attached hydrogens (primary N) is 1. The molecule has 2 nitrogen and oxygen atoms in total. The standard InChI is InChI=1S/C19H26N2S/c1-18(2)8-9-19(3,4)15-11-13(5-6-14(15)18)16-12-22-17(21-16)7-10-20/h5-6,11-12H,7-10,20H2,1-4H3. The number of benzene rings is 1. The second-order valence-corrected chi connectivity index (χ2v) is 8.64. The van der Waals surface area contributed by atoms with Crippen LogP contribution in [0.1, 0.15) is 56.7 Å². The number of rotatable bonds is 3. The molecular weight excluding hydrogens is 288 g/mol. The first-order valence-electron chi connectivity index (χ1n) is 8.13. The molecule has 0 atom stereocenters. The Balaban J connectivity index is 2.05. The van der Waals surface area contributed by atoms with E-state index in [9.17, 15) is 0 Å². The molecule has 1 heterocycles. The SMILES string of the molecule is CC1(C)CCC(C)(C)c2cc(-c3csc(CCN)n3)ccc21. The third-order valence-electron chi connectivity index (χ3n) is 5.06. The van der Waals surface area contributed by atoms with E-state index in [2.05, 4.69) is 51.3 Å². The van der Waals surface area contributed by atoms with Crippen molar-refractivity contribution < 1.29 is 0 Å². The quantitative estimate of drug-likeness (QED) is 0.895. The molecule has 1 aromatic heterocycles. The molecule has 0 fully saturated rings. The van der Waals surface area contributed by atoms with Crippen LogP contribution < -0.4 is 5.73 Å². The fourth-order valence-electron chi connectivity index (χ4n) is 3.43. The predicted octanol–water partition coefficient (Wildman–Crippen LogP) is 4.66. The van der Waals surface area contributed by atoms with E-state index in [0.717, 1.165) is 17.1 Å². The van der Waals surface area contributed by atoms with Gasteiger partial charge in [0, 0.05) is 17.4 Å². The topological polar surface area (TPSA) is 38.9 Å². The zero-order valence-corrected chi connectivity index (χ0v) is 14.9. The maximum atomic E-state index is 5.63. The van der Waals surface area contributed by atoms with Crippen LogP contribution in [0, 0.1) is 0 Å². The van der Waals surface area contributed by atoms with Crippen molar-refractivity contribution in [3.05, 3.63) is 39.7 Å². The summed E-state index contributed by atoms with van der Waals surface area (Å²) < 4.78 is 0. The molecule has 2 N–H and O–H groups in total. The number of hydrogen-bond acceptors (Lipinski definition) is 3. The Morgan fingerprint density at radius 2 is 1.77 bits per heavy atom. The minimum atomic E-state index is 0.247. The zero-order chi connectivity index (χ0) is 16.0. The van der Waals surface area contributed by atoms with Gasteiger partial charge in [0.15, 0.2) is 0 Å². The highest BCUT2D eigenvalue weighted by atomic mass is 32.1. The maximum absolute atomic E-state index is 5.63. The van der Waals surface area contributed by atoms with E-state index < -0.39 is 0 Å². The van der Waals surface area contributed by atoms with Crippen molar-refractivity contribution in [1.82, 2.24) is 4.98 Å². The van der Waals surface area contributed by atoms with Gasteiger partial charge in [-0.2, -0.15) is 0 Å². The van der Waals surface area contributed by atoms with E-state index >= 15 is 0 Å². The number of aromatic nitrogens is 1. The number of hydrogen-bond donors (Lipinski definition) is 1. The Morgan fingerprint density at radius 3 is 2.45 bits per heavy atom. The van der Waals surface area contributed by atoms with Gasteiger partial charge in [-0.3, -0.25) is 0 Å². The molecule has 0 amide bonds. The molecule has 0 radical (unpaired) electrons. The van der Waals surface area contributed by atoms with Crippen LogP contribution in [0.2, 0.25) is 0 Å². The van der Waals surface area contributed by atoms with Gasteiger partial charge in [0.05, 0.1) is 10.7 Å². The fraction of sp³-hybridized carbons (Fsp3) is 0.526. The van der Waals surface area contributed by atoms with Gasteiger partial charge in [-0.1, -0.05) is 39.8 Å². The molecule has 118 valence electrons. The minimum Gasteiger partial charge on any atom is -0.330 e. The van der Waals surface area contributed by atoms with Gasteiger partial charge in [0.25, 0.3) is 0 Å². The lowest BCUT2D eigenvalue weighted by Crippen LogP contribution is -2.33. The average Bonchev–Trinajstić information content (AvgIpc) is 2.93. The molecule has 0 saturated heterocycles. The average molecular weight is 314 g/mol. The Bertz CT molecular complexity index is 682. The van der Waals surface area contributed by atoms with Gasteiger partial charge in [-0.05, 0) is 47.4 Å². The Morgan fingerprint density at radius 1 is 1.09 bits per heavy atom. The van der Waals surface area contributed by atoms with E-state index in [1.165, 1.54) is 29.5 Å². The normalized spacial score (nSPS) is 19.0. The highest BCUT2D eigenvalue weighted by molar-refractivity contribution is 7.09. The van der Waals surface area contributed by atoms with Crippen molar-refractivity contribution in [1.29, 1.82) is 0 Å². The van der Waals surface area contributed by atoms with Crippen LogP contribution in [0.4, 0.5) is 0 Å². The van der Waals surface area contributed by atoms with E-state index in [0.29, 0.717) is 6.54 Å². The van der Waals surface area contributed by atoms with Crippen molar-refractivity contribution in [2.75, 3.05) is 6.54 Å². The summed E-state index contributed by atoms with van der Waals surface area (Å²) in [5.74, 6) is 0. The number of thiazole rings is 1. The lowest BCUT2D eigenvalue weighted by atomic mass is 9.63. The summed E-state index contributed by atoms with van der Waals surface area (Å²) in [6, 6.07) is 6.94. The monoisotopic (exact) mass is 314 g/mol. The first-order chi connectivity index (χ1) is 10.3. The van der Waals surface area contributed by atoms with Crippen LogP contribution in [-0.2, 0) is 17.3 Å². The van der Waals surface area contributed by atoms with Gasteiger partial charge in [-0.15, -0.1) is 11.3 Å². The summed E-state index contributed by atoms with van der Waals surface area (Å²) >= 11 is 1.71. The van der Waals surface area contributed by atoms with Crippen molar-refractivity contribution in [3.8, 4) is 11.3 Å². The van der Waals surface area contributed by atoms with Crippen LogP contribution in [0.5, 0.6) is 0 Å². The lowest BCUT2D eigenvalue weighted by molar-refractivity contribution is 0.332. The fourth-order valence-corrected chi connectivity index (χ4v) is 4.25. The third-order valence-corrected chi connectivity index (χ3v) is 5.97. The first-order valence-corrected chi connectivity index (χ1v) is 9.01. The van der Waals surface area contributed by atoms with Gasteiger partial charge in [-0.25, -0.2) is 4.98 Å². The Labute approximate surface area is 137 Å². The zero-order valence-electron chi connectivity index (χ0n) is 14.1. The van der Waals surface area contributed by atoms with Crippen molar-refractivity contribution in [3.63, 3.8) is 0 Å². The summed E-state index contributed by atoms with van der Waals surface area (Å²) in [4.78, 5) is 4.74. The summed E-state index contributed by atoms with van der Waals surface area (Å²) in [7, 11) is 0. The highest BCUT2D eigenvalue weighted by Crippen LogP contribution is 2.46. The van der Waals surface area contributed by atoms with E-state index in [1.54, 1.807) is 11.3 Å². The number of nitrogens with zero attached hydrogens (tertiary/aromatic N) is 1. The molecule has 0 unspecified atom stereocenters. The smallest absolute Gasteiger partial charge is 0.0945 e. The van der Waals surface area contributed by atoms with Crippen LogP contribution in [-0.4, -0.2) is 11.5 Å². The van der Waals surface area contributed by atoms with E-state index in [-0.39, 0.29) is 10.8 Å². The highest BCUT2D eigenvalue weighted by Gasteiger charge is 2.37. The van der Waals surface area contributed by atoms with Crippen LogP contribution in [0.15, 0.2) is 23.6 Å². The molecule has 0 aliphatic heterocycles. The molecule has 0 bridgehead atoms. The van der Waals surface area contributed by atoms with Crippen molar-refractivity contribution in [2.24, 2.45) is 5.73 Å². The molecule has 3 heteroatoms. The lowest BCUT2D eigenvalue weighted by Gasteiger charge is -2.42. The molecule has 22 heavy (non-hydrogen) atoms. The second kappa shape index (κ2) is 5.47. The van der Waals surface area contributed by atoms with Crippen LogP contribution >= 0.6 is 11.3 Å². The first kappa shape index (κ1) is 15.7. The molecule has 2 aromatic rings. The van der Waals surface area contributed by atoms with Crippen LogP contribution in [0.25, 0.3) is 11.3 Å². The molecule has 1 aliphatic rings. The summed E-state index contributed by atoms with van der Waals surface area (Å²) in [6.45, 7) is 10.1. The third kappa shape index (κ3) is 2.72. The van der Waals surface area contributed by atoms with Crippen molar-refractivity contribution in [2.45, 2.75) is 57.8 Å². The van der Waals surface area contributed by atoms with Gasteiger partial charge < -0.3 is 5.73 Å². The maximum Gasteiger partial charge on any atom is 0.0945 e.